The highest BCUT2D eigenvalue weighted by Crippen LogP contribution is 2.12. The second-order valence-corrected chi connectivity index (χ2v) is 3.89. The number of nitrogens with zero attached hydrogens (tertiary/aromatic N) is 2. The molecule has 1 aromatic rings. The monoisotopic (exact) mass is 238 g/mol. The molecule has 3 N–H and O–H groups in total. The largest absolute Gasteiger partial charge is 0.480 e. The van der Waals surface area contributed by atoms with Crippen LogP contribution in [0.1, 0.15) is 26.1 Å². The van der Waals surface area contributed by atoms with Crippen molar-refractivity contribution in [1.29, 1.82) is 0 Å². The van der Waals surface area contributed by atoms with Crippen LogP contribution in [0.25, 0.3) is 0 Å². The topological polar surface area (TPSA) is 87.1 Å². The SMILES string of the molecule is CCC(C)Nc1cc(NCC(=O)O)nc(C)n1. The normalized spacial score (nSPS) is 11.9. The van der Waals surface area contributed by atoms with Crippen LogP contribution in [0, 0.1) is 6.92 Å². The van der Waals surface area contributed by atoms with Gasteiger partial charge in [-0.1, -0.05) is 6.92 Å². The molecule has 1 heterocycles. The first-order valence-corrected chi connectivity index (χ1v) is 5.59. The molecular weight excluding hydrogens is 220 g/mol. The molecule has 6 heteroatoms. The van der Waals surface area contributed by atoms with E-state index in [0.29, 0.717) is 23.5 Å². The standard InChI is InChI=1S/C11H18N4O2/c1-4-7(2)13-10-5-9(12-6-11(16)17)14-8(3)15-10/h5,7H,4,6H2,1-3H3,(H,16,17)(H2,12,13,14,15). The molecule has 0 amide bonds. The summed E-state index contributed by atoms with van der Waals surface area (Å²) in [6, 6.07) is 2.03. The molecule has 94 valence electrons. The first kappa shape index (κ1) is 13.2. The van der Waals surface area contributed by atoms with Crippen molar-refractivity contribution < 1.29 is 9.90 Å². The summed E-state index contributed by atoms with van der Waals surface area (Å²) in [5, 5.41) is 14.5. The van der Waals surface area contributed by atoms with Crippen molar-refractivity contribution in [2.75, 3.05) is 17.2 Å². The van der Waals surface area contributed by atoms with Crippen LogP contribution in [0.5, 0.6) is 0 Å². The molecule has 0 bridgehead atoms. The van der Waals surface area contributed by atoms with Gasteiger partial charge in [0.1, 0.15) is 24.0 Å². The Balaban J connectivity index is 2.75. The highest BCUT2D eigenvalue weighted by Gasteiger charge is 2.05. The molecule has 1 rings (SSSR count). The summed E-state index contributed by atoms with van der Waals surface area (Å²) < 4.78 is 0. The van der Waals surface area contributed by atoms with Gasteiger partial charge in [-0.25, -0.2) is 9.97 Å². The average Bonchev–Trinajstić information content (AvgIpc) is 2.25. The number of carboxylic acid groups (broad SMARTS) is 1. The first-order chi connectivity index (χ1) is 8.01. The van der Waals surface area contributed by atoms with Crippen LogP contribution in [0.4, 0.5) is 11.6 Å². The molecular formula is C11H18N4O2. The maximum Gasteiger partial charge on any atom is 0.322 e. The fraction of sp³-hybridized carbons (Fsp3) is 0.545. The molecule has 0 radical (unpaired) electrons. The zero-order chi connectivity index (χ0) is 12.8. The van der Waals surface area contributed by atoms with Gasteiger partial charge in [-0.05, 0) is 20.3 Å². The van der Waals surface area contributed by atoms with E-state index in [9.17, 15) is 4.79 Å². The van der Waals surface area contributed by atoms with Crippen LogP contribution in [0.15, 0.2) is 6.07 Å². The highest BCUT2D eigenvalue weighted by atomic mass is 16.4. The molecule has 17 heavy (non-hydrogen) atoms. The van der Waals surface area contributed by atoms with Gasteiger partial charge >= 0.3 is 5.97 Å². The number of anilines is 2. The molecule has 0 saturated carbocycles. The number of hydrogen-bond acceptors (Lipinski definition) is 5. The lowest BCUT2D eigenvalue weighted by Gasteiger charge is -2.13. The summed E-state index contributed by atoms with van der Waals surface area (Å²) in [6.45, 7) is 5.75. The fourth-order valence-corrected chi connectivity index (χ4v) is 1.25. The van der Waals surface area contributed by atoms with Crippen LogP contribution in [-0.4, -0.2) is 33.6 Å². The number of nitrogens with one attached hydrogen (secondary N) is 2. The lowest BCUT2D eigenvalue weighted by atomic mass is 10.2. The van der Waals surface area contributed by atoms with E-state index in [1.807, 2.05) is 0 Å². The molecule has 0 aliphatic rings. The maximum atomic E-state index is 10.4. The summed E-state index contributed by atoms with van der Waals surface area (Å²) in [7, 11) is 0. The van der Waals surface area contributed by atoms with Crippen molar-refractivity contribution in [3.63, 3.8) is 0 Å². The van der Waals surface area contributed by atoms with E-state index in [-0.39, 0.29) is 6.54 Å². The molecule has 0 spiro atoms. The van der Waals surface area contributed by atoms with Crippen molar-refractivity contribution in [1.82, 2.24) is 9.97 Å². The van der Waals surface area contributed by atoms with E-state index in [0.717, 1.165) is 6.42 Å². The van der Waals surface area contributed by atoms with Gasteiger partial charge in [0.15, 0.2) is 0 Å². The van der Waals surface area contributed by atoms with Crippen molar-refractivity contribution >= 4 is 17.6 Å². The van der Waals surface area contributed by atoms with Gasteiger partial charge in [-0.3, -0.25) is 4.79 Å². The summed E-state index contributed by atoms with van der Waals surface area (Å²) in [5.74, 6) is 0.911. The second-order valence-electron chi connectivity index (χ2n) is 3.89. The Kier molecular flexibility index (Phi) is 4.68. The number of carboxylic acids is 1. The minimum atomic E-state index is -0.919. The zero-order valence-corrected chi connectivity index (χ0v) is 10.3. The van der Waals surface area contributed by atoms with Crippen molar-refractivity contribution in [3.05, 3.63) is 11.9 Å². The van der Waals surface area contributed by atoms with E-state index in [1.165, 1.54) is 0 Å². The lowest BCUT2D eigenvalue weighted by molar-refractivity contribution is -0.134. The third-order valence-corrected chi connectivity index (χ3v) is 2.27. The molecule has 0 fully saturated rings. The first-order valence-electron chi connectivity index (χ1n) is 5.59. The van der Waals surface area contributed by atoms with Crippen LogP contribution in [-0.2, 0) is 4.79 Å². The van der Waals surface area contributed by atoms with Crippen LogP contribution in [0.3, 0.4) is 0 Å². The summed E-state index contributed by atoms with van der Waals surface area (Å²) in [5.41, 5.74) is 0. The van der Waals surface area contributed by atoms with Crippen LogP contribution >= 0.6 is 0 Å². The summed E-state index contributed by atoms with van der Waals surface area (Å²) in [6.07, 6.45) is 0.987. The van der Waals surface area contributed by atoms with Gasteiger partial charge in [0.2, 0.25) is 0 Å². The number of rotatable bonds is 6. The minimum Gasteiger partial charge on any atom is -0.480 e. The number of carbonyl (C=O) groups is 1. The predicted molar refractivity (Wildman–Crippen MR) is 66.3 cm³/mol. The second kappa shape index (κ2) is 6.03. The Bertz CT molecular complexity index is 395. The summed E-state index contributed by atoms with van der Waals surface area (Å²) in [4.78, 5) is 18.8. The van der Waals surface area contributed by atoms with E-state index >= 15 is 0 Å². The van der Waals surface area contributed by atoms with E-state index in [1.54, 1.807) is 13.0 Å². The predicted octanol–water partition coefficient (Wildman–Crippen LogP) is 1.49. The number of aromatic nitrogens is 2. The van der Waals surface area contributed by atoms with Gasteiger partial charge in [0.25, 0.3) is 0 Å². The Morgan fingerprint density at radius 2 is 2.12 bits per heavy atom. The Hall–Kier alpha value is -1.85. The molecule has 1 unspecified atom stereocenters. The van der Waals surface area contributed by atoms with Crippen LogP contribution in [0.2, 0.25) is 0 Å². The minimum absolute atomic E-state index is 0.154. The van der Waals surface area contributed by atoms with Crippen molar-refractivity contribution in [2.45, 2.75) is 33.2 Å². The Labute approximate surface area is 100 Å². The molecule has 0 aliphatic heterocycles. The Morgan fingerprint density at radius 1 is 1.47 bits per heavy atom. The molecule has 0 aromatic carbocycles. The van der Waals surface area contributed by atoms with Gasteiger partial charge in [-0.2, -0.15) is 0 Å². The number of aliphatic carboxylic acids is 1. The van der Waals surface area contributed by atoms with Gasteiger partial charge in [0, 0.05) is 12.1 Å². The van der Waals surface area contributed by atoms with E-state index in [2.05, 4.69) is 34.4 Å². The molecule has 1 aromatic heterocycles. The molecule has 6 nitrogen and oxygen atoms in total. The third kappa shape index (κ3) is 4.67. The smallest absolute Gasteiger partial charge is 0.322 e. The van der Waals surface area contributed by atoms with Gasteiger partial charge in [-0.15, -0.1) is 0 Å². The lowest BCUT2D eigenvalue weighted by Crippen LogP contribution is -2.17. The third-order valence-electron chi connectivity index (χ3n) is 2.27. The fourth-order valence-electron chi connectivity index (χ4n) is 1.25. The van der Waals surface area contributed by atoms with Crippen molar-refractivity contribution in [3.8, 4) is 0 Å². The van der Waals surface area contributed by atoms with Crippen molar-refractivity contribution in [2.24, 2.45) is 0 Å². The highest BCUT2D eigenvalue weighted by molar-refractivity contribution is 5.72. The molecule has 0 saturated heterocycles. The average molecular weight is 238 g/mol. The molecule has 1 atom stereocenters. The van der Waals surface area contributed by atoms with Crippen LogP contribution < -0.4 is 10.6 Å². The van der Waals surface area contributed by atoms with E-state index < -0.39 is 5.97 Å². The summed E-state index contributed by atoms with van der Waals surface area (Å²) >= 11 is 0. The number of aryl methyl sites for hydroxylation is 1. The Morgan fingerprint density at radius 3 is 2.71 bits per heavy atom. The zero-order valence-electron chi connectivity index (χ0n) is 10.3. The quantitative estimate of drug-likeness (QED) is 0.696. The maximum absolute atomic E-state index is 10.4. The molecule has 0 aliphatic carbocycles. The number of hydrogen-bond donors (Lipinski definition) is 3. The van der Waals surface area contributed by atoms with Gasteiger partial charge < -0.3 is 15.7 Å². The van der Waals surface area contributed by atoms with E-state index in [4.69, 9.17) is 5.11 Å². The van der Waals surface area contributed by atoms with Gasteiger partial charge in [0.05, 0.1) is 0 Å².